The van der Waals surface area contributed by atoms with E-state index in [1.165, 1.54) is 30.3 Å². The summed E-state index contributed by atoms with van der Waals surface area (Å²) in [5.74, 6) is -0.445. The second-order valence-corrected chi connectivity index (χ2v) is 9.76. The van der Waals surface area contributed by atoms with Crippen LogP contribution < -0.4 is 9.62 Å². The molecule has 0 unspecified atom stereocenters. The van der Waals surface area contributed by atoms with E-state index in [2.05, 4.69) is 5.32 Å². The monoisotopic (exact) mass is 496 g/mol. The molecule has 9 heteroatoms. The summed E-state index contributed by atoms with van der Waals surface area (Å²) in [6.45, 7) is -0.0587. The van der Waals surface area contributed by atoms with Crippen LogP contribution in [0.2, 0.25) is 15.1 Å². The fraction of sp³-hybridized carbons (Fsp3) is 0.136. The van der Waals surface area contributed by atoms with E-state index in [-0.39, 0.29) is 20.6 Å². The molecule has 0 aliphatic carbocycles. The van der Waals surface area contributed by atoms with Gasteiger partial charge in [-0.25, -0.2) is 8.42 Å². The van der Waals surface area contributed by atoms with Crippen LogP contribution in [0.25, 0.3) is 0 Å². The maximum atomic E-state index is 13.2. The summed E-state index contributed by atoms with van der Waals surface area (Å²) in [7, 11) is -4.00. The number of benzene rings is 3. The lowest BCUT2D eigenvalue weighted by Gasteiger charge is -2.24. The fourth-order valence-electron chi connectivity index (χ4n) is 2.86. The average Bonchev–Trinajstić information content (AvgIpc) is 2.76. The van der Waals surface area contributed by atoms with Crippen LogP contribution in [0, 0.1) is 0 Å². The number of sulfonamides is 1. The molecule has 0 radical (unpaired) electrons. The molecule has 0 atom stereocenters. The molecule has 0 bridgehead atoms. The summed E-state index contributed by atoms with van der Waals surface area (Å²) < 4.78 is 27.5. The van der Waals surface area contributed by atoms with E-state index in [1.807, 2.05) is 12.1 Å². The van der Waals surface area contributed by atoms with Gasteiger partial charge in [-0.3, -0.25) is 9.10 Å². The molecule has 0 saturated carbocycles. The van der Waals surface area contributed by atoms with Gasteiger partial charge < -0.3 is 5.32 Å². The lowest BCUT2D eigenvalue weighted by atomic mass is 10.1. The highest BCUT2D eigenvalue weighted by atomic mass is 35.5. The second-order valence-electron chi connectivity index (χ2n) is 6.65. The van der Waals surface area contributed by atoms with Gasteiger partial charge in [-0.1, -0.05) is 65.1 Å². The van der Waals surface area contributed by atoms with Crippen LogP contribution in [0.3, 0.4) is 0 Å². The SMILES string of the molecule is O=C(CN(c1ccc(Cl)c(Cl)c1)S(=O)(=O)c1ccccc1)NCCc1ccc(Cl)cc1. The molecule has 3 aromatic carbocycles. The number of carbonyl (C=O) groups is 1. The molecule has 0 fully saturated rings. The fourth-order valence-corrected chi connectivity index (χ4v) is 4.71. The molecule has 0 aromatic heterocycles. The molecule has 31 heavy (non-hydrogen) atoms. The number of amides is 1. The Morgan fingerprint density at radius 1 is 0.871 bits per heavy atom. The van der Waals surface area contributed by atoms with Crippen LogP contribution in [0.1, 0.15) is 5.56 Å². The molecule has 3 rings (SSSR count). The number of rotatable bonds is 8. The lowest BCUT2D eigenvalue weighted by Crippen LogP contribution is -2.41. The first kappa shape index (κ1) is 23.4. The largest absolute Gasteiger partial charge is 0.354 e. The highest BCUT2D eigenvalue weighted by Gasteiger charge is 2.27. The van der Waals surface area contributed by atoms with Crippen molar-refractivity contribution in [1.29, 1.82) is 0 Å². The summed E-state index contributed by atoms with van der Waals surface area (Å²) in [5.41, 5.74) is 1.24. The van der Waals surface area contributed by atoms with E-state index < -0.39 is 22.5 Å². The third-order valence-electron chi connectivity index (χ3n) is 4.46. The van der Waals surface area contributed by atoms with Gasteiger partial charge in [-0.15, -0.1) is 0 Å². The lowest BCUT2D eigenvalue weighted by molar-refractivity contribution is -0.119. The third kappa shape index (κ3) is 6.14. The summed E-state index contributed by atoms with van der Waals surface area (Å²) in [5, 5.41) is 3.87. The van der Waals surface area contributed by atoms with Gasteiger partial charge >= 0.3 is 0 Å². The number of halogens is 3. The molecular weight excluding hydrogens is 479 g/mol. The van der Waals surface area contributed by atoms with Crippen molar-refractivity contribution in [2.75, 3.05) is 17.4 Å². The Morgan fingerprint density at radius 3 is 2.19 bits per heavy atom. The molecule has 0 aliphatic rings. The molecule has 0 saturated heterocycles. The molecular formula is C22H19Cl3N2O3S. The van der Waals surface area contributed by atoms with Gasteiger partial charge in [0, 0.05) is 11.6 Å². The summed E-state index contributed by atoms with van der Waals surface area (Å²) in [4.78, 5) is 12.7. The smallest absolute Gasteiger partial charge is 0.264 e. The number of nitrogens with zero attached hydrogens (tertiary/aromatic N) is 1. The maximum absolute atomic E-state index is 13.2. The van der Waals surface area contributed by atoms with Crippen molar-refractivity contribution in [2.24, 2.45) is 0 Å². The first-order valence-corrected chi connectivity index (χ1v) is 11.9. The summed E-state index contributed by atoms with van der Waals surface area (Å²) >= 11 is 17.9. The maximum Gasteiger partial charge on any atom is 0.264 e. The molecule has 162 valence electrons. The quantitative estimate of drug-likeness (QED) is 0.465. The average molecular weight is 498 g/mol. The van der Waals surface area contributed by atoms with Crippen LogP contribution in [0.5, 0.6) is 0 Å². The van der Waals surface area contributed by atoms with Crippen molar-refractivity contribution in [3.8, 4) is 0 Å². The van der Waals surface area contributed by atoms with E-state index in [0.717, 1.165) is 9.87 Å². The number of hydrogen-bond donors (Lipinski definition) is 1. The third-order valence-corrected chi connectivity index (χ3v) is 7.24. The van der Waals surface area contributed by atoms with Gasteiger partial charge in [0.15, 0.2) is 0 Å². The minimum Gasteiger partial charge on any atom is -0.354 e. The standard InChI is InChI=1S/C22H19Cl3N2O3S/c23-17-8-6-16(7-9-17)12-13-26-22(28)15-27(18-10-11-20(24)21(25)14-18)31(29,30)19-4-2-1-3-5-19/h1-11,14H,12-13,15H2,(H,26,28). The second kappa shape index (κ2) is 10.4. The zero-order valence-electron chi connectivity index (χ0n) is 16.3. The predicted octanol–water partition coefficient (Wildman–Crippen LogP) is 5.20. The van der Waals surface area contributed by atoms with Gasteiger partial charge in [0.05, 0.1) is 20.6 Å². The van der Waals surface area contributed by atoms with Crippen LogP contribution in [0.4, 0.5) is 5.69 Å². The number of anilines is 1. The van der Waals surface area contributed by atoms with Crippen molar-refractivity contribution in [3.05, 3.63) is 93.4 Å². The number of hydrogen-bond acceptors (Lipinski definition) is 3. The van der Waals surface area contributed by atoms with Crippen LogP contribution >= 0.6 is 34.8 Å². The Balaban J connectivity index is 1.78. The van der Waals surface area contributed by atoms with E-state index >= 15 is 0 Å². The summed E-state index contributed by atoms with van der Waals surface area (Å²) in [6.07, 6.45) is 0.584. The van der Waals surface area contributed by atoms with Gasteiger partial charge in [0.25, 0.3) is 10.0 Å². The van der Waals surface area contributed by atoms with Crippen molar-refractivity contribution in [1.82, 2.24) is 5.32 Å². The molecule has 5 nitrogen and oxygen atoms in total. The van der Waals surface area contributed by atoms with E-state index in [9.17, 15) is 13.2 Å². The zero-order chi connectivity index (χ0) is 22.4. The number of nitrogens with one attached hydrogen (secondary N) is 1. The van der Waals surface area contributed by atoms with Gasteiger partial charge in [0.2, 0.25) is 5.91 Å². The Labute approximate surface area is 196 Å². The molecule has 0 aliphatic heterocycles. The van der Waals surface area contributed by atoms with Crippen molar-refractivity contribution in [3.63, 3.8) is 0 Å². The van der Waals surface area contributed by atoms with Crippen LogP contribution in [0.15, 0.2) is 77.7 Å². The van der Waals surface area contributed by atoms with Crippen molar-refractivity contribution < 1.29 is 13.2 Å². The Bertz CT molecular complexity index is 1150. The minimum atomic E-state index is -4.00. The van der Waals surface area contributed by atoms with Gasteiger partial charge in [-0.05, 0) is 54.4 Å². The minimum absolute atomic E-state index is 0.0648. The van der Waals surface area contributed by atoms with Crippen molar-refractivity contribution >= 4 is 56.4 Å². The van der Waals surface area contributed by atoms with Gasteiger partial charge in [-0.2, -0.15) is 0 Å². The Hall–Kier alpha value is -2.25. The summed E-state index contributed by atoms with van der Waals surface area (Å²) in [6, 6.07) is 19.6. The first-order chi connectivity index (χ1) is 14.8. The normalized spacial score (nSPS) is 11.2. The Kier molecular flexibility index (Phi) is 7.84. The number of carbonyl (C=O) groups excluding carboxylic acids is 1. The van der Waals surface area contributed by atoms with Crippen molar-refractivity contribution in [2.45, 2.75) is 11.3 Å². The Morgan fingerprint density at radius 2 is 1.55 bits per heavy atom. The van der Waals surface area contributed by atoms with E-state index in [4.69, 9.17) is 34.8 Å². The predicted molar refractivity (Wildman–Crippen MR) is 126 cm³/mol. The molecule has 0 heterocycles. The topological polar surface area (TPSA) is 66.5 Å². The van der Waals surface area contributed by atoms with Crippen LogP contribution in [-0.4, -0.2) is 27.4 Å². The highest BCUT2D eigenvalue weighted by molar-refractivity contribution is 7.92. The molecule has 3 aromatic rings. The van der Waals surface area contributed by atoms with E-state index in [0.29, 0.717) is 18.0 Å². The van der Waals surface area contributed by atoms with Gasteiger partial charge in [0.1, 0.15) is 6.54 Å². The van der Waals surface area contributed by atoms with E-state index in [1.54, 1.807) is 30.3 Å². The van der Waals surface area contributed by atoms with Crippen LogP contribution in [-0.2, 0) is 21.2 Å². The highest BCUT2D eigenvalue weighted by Crippen LogP contribution is 2.30. The molecule has 1 N–H and O–H groups in total. The molecule has 0 spiro atoms. The molecule has 1 amide bonds. The zero-order valence-corrected chi connectivity index (χ0v) is 19.3. The first-order valence-electron chi connectivity index (χ1n) is 9.31.